The lowest BCUT2D eigenvalue weighted by Crippen LogP contribution is -2.15. The molecule has 1 aromatic carbocycles. The molecule has 0 unspecified atom stereocenters. The molecule has 0 saturated heterocycles. The molecule has 0 atom stereocenters. The van der Waals surface area contributed by atoms with Crippen LogP contribution >= 0.6 is 0 Å². The first-order valence-corrected chi connectivity index (χ1v) is 6.79. The maximum absolute atomic E-state index is 10.8. The molecule has 0 N–H and O–H groups in total. The summed E-state index contributed by atoms with van der Waals surface area (Å²) in [4.78, 5) is 10.8. The summed E-state index contributed by atoms with van der Waals surface area (Å²) in [7, 11) is 1.32. The molecule has 0 aliphatic rings. The number of aryl methyl sites for hydroxylation is 1. The van der Waals surface area contributed by atoms with Crippen molar-refractivity contribution in [3.8, 4) is 0 Å². The number of ether oxygens (including phenoxy) is 2. The summed E-state index contributed by atoms with van der Waals surface area (Å²) < 4.78 is 9.25. The summed E-state index contributed by atoms with van der Waals surface area (Å²) in [5, 5.41) is 0. The first-order valence-electron chi connectivity index (χ1n) is 6.79. The van der Waals surface area contributed by atoms with Gasteiger partial charge in [-0.25, -0.2) is 4.79 Å². The van der Waals surface area contributed by atoms with Gasteiger partial charge in [-0.1, -0.05) is 45.0 Å². The molecule has 0 bridgehead atoms. The van der Waals surface area contributed by atoms with Crippen molar-refractivity contribution in [2.24, 2.45) is 0 Å². The lowest BCUT2D eigenvalue weighted by molar-refractivity contribution is 0.0719. The van der Waals surface area contributed by atoms with Gasteiger partial charge in [0.1, 0.15) is 0 Å². The minimum atomic E-state index is -0.611. The van der Waals surface area contributed by atoms with Crippen molar-refractivity contribution < 1.29 is 14.3 Å². The van der Waals surface area contributed by atoms with Gasteiger partial charge in [-0.2, -0.15) is 0 Å². The number of rotatable bonds is 6. The Morgan fingerprint density at radius 3 is 2.37 bits per heavy atom. The van der Waals surface area contributed by atoms with Crippen LogP contribution in [0, 0.1) is 0 Å². The van der Waals surface area contributed by atoms with Gasteiger partial charge in [-0.15, -0.1) is 0 Å². The standard InChI is InChI=1S/C16H24O3/c1-5-16(2,3)14-10-8-13(9-11-14)7-6-12-19-15(17)18-4/h8-11H,5-7,12H2,1-4H3. The quantitative estimate of drug-likeness (QED) is 0.573. The molecule has 19 heavy (non-hydrogen) atoms. The van der Waals surface area contributed by atoms with Crippen molar-refractivity contribution >= 4 is 6.16 Å². The molecule has 0 aliphatic heterocycles. The van der Waals surface area contributed by atoms with E-state index in [1.807, 2.05) is 0 Å². The van der Waals surface area contributed by atoms with Crippen LogP contribution in [0.5, 0.6) is 0 Å². The summed E-state index contributed by atoms with van der Waals surface area (Å²) >= 11 is 0. The molecule has 0 saturated carbocycles. The van der Waals surface area contributed by atoms with Crippen molar-refractivity contribution in [2.45, 2.75) is 45.4 Å². The molecule has 0 heterocycles. The molecule has 1 aromatic rings. The van der Waals surface area contributed by atoms with Crippen LogP contribution in [0.15, 0.2) is 24.3 Å². The summed E-state index contributed by atoms with van der Waals surface area (Å²) in [6.07, 6.45) is 2.23. The highest BCUT2D eigenvalue weighted by molar-refractivity contribution is 5.59. The van der Waals surface area contributed by atoms with E-state index >= 15 is 0 Å². The number of hydrogen-bond acceptors (Lipinski definition) is 3. The van der Waals surface area contributed by atoms with Crippen molar-refractivity contribution in [1.29, 1.82) is 0 Å². The monoisotopic (exact) mass is 264 g/mol. The molecule has 106 valence electrons. The molecule has 0 aromatic heterocycles. The maximum atomic E-state index is 10.8. The number of methoxy groups -OCH3 is 1. The van der Waals surface area contributed by atoms with Crippen molar-refractivity contribution in [3.05, 3.63) is 35.4 Å². The van der Waals surface area contributed by atoms with Crippen LogP contribution < -0.4 is 0 Å². The fraction of sp³-hybridized carbons (Fsp3) is 0.562. The number of carbonyl (C=O) groups is 1. The van der Waals surface area contributed by atoms with Gasteiger partial charge in [-0.3, -0.25) is 0 Å². The molecule has 0 aliphatic carbocycles. The molecule has 0 radical (unpaired) electrons. The normalized spacial score (nSPS) is 11.2. The van der Waals surface area contributed by atoms with Gasteiger partial charge >= 0.3 is 6.16 Å². The Hall–Kier alpha value is -1.51. The zero-order chi connectivity index (χ0) is 14.3. The highest BCUT2D eigenvalue weighted by Crippen LogP contribution is 2.26. The Kier molecular flexibility index (Phi) is 5.87. The molecule has 0 amide bonds. The minimum absolute atomic E-state index is 0.229. The van der Waals surface area contributed by atoms with Gasteiger partial charge in [0.2, 0.25) is 0 Å². The average molecular weight is 264 g/mol. The summed E-state index contributed by atoms with van der Waals surface area (Å²) in [6, 6.07) is 8.70. The van der Waals surface area contributed by atoms with E-state index in [1.54, 1.807) is 0 Å². The second-order valence-electron chi connectivity index (χ2n) is 5.34. The zero-order valence-corrected chi connectivity index (χ0v) is 12.4. The molecule has 0 spiro atoms. The molecular formula is C16H24O3. The molecule has 3 nitrogen and oxygen atoms in total. The number of hydrogen-bond donors (Lipinski definition) is 0. The van der Waals surface area contributed by atoms with Gasteiger partial charge in [0.15, 0.2) is 0 Å². The minimum Gasteiger partial charge on any atom is -0.438 e. The molecule has 0 fully saturated rings. The van der Waals surface area contributed by atoms with Crippen molar-refractivity contribution in [2.75, 3.05) is 13.7 Å². The summed E-state index contributed by atoms with van der Waals surface area (Å²) in [6.45, 7) is 7.12. The Morgan fingerprint density at radius 1 is 1.21 bits per heavy atom. The van der Waals surface area contributed by atoms with Crippen molar-refractivity contribution in [1.82, 2.24) is 0 Å². The predicted octanol–water partition coefficient (Wildman–Crippen LogP) is 4.09. The molecule has 1 rings (SSSR count). The summed E-state index contributed by atoms with van der Waals surface area (Å²) in [5.41, 5.74) is 2.86. The second kappa shape index (κ2) is 7.17. The van der Waals surface area contributed by atoms with Crippen LogP contribution in [-0.2, 0) is 21.3 Å². The fourth-order valence-electron chi connectivity index (χ4n) is 1.82. The van der Waals surface area contributed by atoms with E-state index in [-0.39, 0.29) is 5.41 Å². The highest BCUT2D eigenvalue weighted by atomic mass is 16.7. The smallest absolute Gasteiger partial charge is 0.438 e. The SMILES string of the molecule is CCC(C)(C)c1ccc(CCCOC(=O)OC)cc1. The van der Waals surface area contributed by atoms with E-state index in [2.05, 4.69) is 49.8 Å². The Labute approximate surface area is 115 Å². The number of benzene rings is 1. The average Bonchev–Trinajstić information content (AvgIpc) is 2.43. The molecule has 3 heteroatoms. The number of carbonyl (C=O) groups excluding carboxylic acids is 1. The van der Waals surface area contributed by atoms with E-state index in [4.69, 9.17) is 4.74 Å². The first kappa shape index (κ1) is 15.5. The Bertz CT molecular complexity index is 393. The van der Waals surface area contributed by atoms with Crippen LogP contribution in [0.25, 0.3) is 0 Å². The third-order valence-corrected chi connectivity index (χ3v) is 3.62. The van der Waals surface area contributed by atoms with Crippen LogP contribution in [0.3, 0.4) is 0 Å². The third kappa shape index (κ3) is 4.93. The van der Waals surface area contributed by atoms with Gasteiger partial charge in [0.25, 0.3) is 0 Å². The van der Waals surface area contributed by atoms with Crippen LogP contribution in [0.2, 0.25) is 0 Å². The Morgan fingerprint density at radius 2 is 1.84 bits per heavy atom. The van der Waals surface area contributed by atoms with Gasteiger partial charge in [0.05, 0.1) is 13.7 Å². The van der Waals surface area contributed by atoms with Crippen LogP contribution in [0.1, 0.15) is 44.7 Å². The topological polar surface area (TPSA) is 35.5 Å². The van der Waals surface area contributed by atoms with E-state index in [1.165, 1.54) is 18.2 Å². The van der Waals surface area contributed by atoms with E-state index in [0.29, 0.717) is 6.61 Å². The largest absolute Gasteiger partial charge is 0.507 e. The molecular weight excluding hydrogens is 240 g/mol. The zero-order valence-electron chi connectivity index (χ0n) is 12.4. The lowest BCUT2D eigenvalue weighted by Gasteiger charge is -2.23. The van der Waals surface area contributed by atoms with Crippen molar-refractivity contribution in [3.63, 3.8) is 0 Å². The van der Waals surface area contributed by atoms with Gasteiger partial charge < -0.3 is 9.47 Å². The van der Waals surface area contributed by atoms with E-state index < -0.39 is 6.16 Å². The predicted molar refractivity (Wildman–Crippen MR) is 76.4 cm³/mol. The third-order valence-electron chi connectivity index (χ3n) is 3.62. The van der Waals surface area contributed by atoms with Gasteiger partial charge in [-0.05, 0) is 35.8 Å². The van der Waals surface area contributed by atoms with E-state index in [0.717, 1.165) is 19.3 Å². The lowest BCUT2D eigenvalue weighted by atomic mass is 9.82. The van der Waals surface area contributed by atoms with E-state index in [9.17, 15) is 4.79 Å². The summed E-state index contributed by atoms with van der Waals surface area (Å²) in [5.74, 6) is 0. The first-order chi connectivity index (χ1) is 8.99. The van der Waals surface area contributed by atoms with Gasteiger partial charge in [0, 0.05) is 0 Å². The van der Waals surface area contributed by atoms with Crippen LogP contribution in [-0.4, -0.2) is 19.9 Å². The Balaban J connectivity index is 2.43. The fourth-order valence-corrected chi connectivity index (χ4v) is 1.82. The second-order valence-corrected chi connectivity index (χ2v) is 5.34. The maximum Gasteiger partial charge on any atom is 0.507 e. The highest BCUT2D eigenvalue weighted by Gasteiger charge is 2.17. The van der Waals surface area contributed by atoms with Crippen LogP contribution in [0.4, 0.5) is 4.79 Å².